The van der Waals surface area contributed by atoms with Gasteiger partial charge in [0.05, 0.1) is 0 Å². The molecule has 8 nitrogen and oxygen atoms in total. The first-order valence-corrected chi connectivity index (χ1v) is 14.4. The van der Waals surface area contributed by atoms with Crippen molar-refractivity contribution in [2.45, 2.75) is 83.5 Å². The molecule has 1 fully saturated rings. The summed E-state index contributed by atoms with van der Waals surface area (Å²) in [6.07, 6.45) is 3.30. The number of hydrogen-bond acceptors (Lipinski definition) is 5. The Labute approximate surface area is 239 Å². The molecule has 8 heteroatoms. The van der Waals surface area contributed by atoms with E-state index in [0.29, 0.717) is 19.4 Å². The maximum Gasteiger partial charge on any atom is 0.408 e. The second-order valence-electron chi connectivity index (χ2n) is 11.8. The molecule has 0 aromatic heterocycles. The topological polar surface area (TPSA) is 91.0 Å². The van der Waals surface area contributed by atoms with E-state index >= 15 is 0 Å². The first-order chi connectivity index (χ1) is 19.0. The number of rotatable bonds is 12. The Morgan fingerprint density at radius 2 is 1.57 bits per heavy atom. The lowest BCUT2D eigenvalue weighted by molar-refractivity contribution is -0.138. The minimum absolute atomic E-state index is 0.0623. The Balaban J connectivity index is 1.64. The highest BCUT2D eigenvalue weighted by atomic mass is 16.6. The molecule has 0 spiro atoms. The molecular formula is C32H46N4O4. The van der Waals surface area contributed by atoms with Gasteiger partial charge in [-0.25, -0.2) is 4.79 Å². The predicted octanol–water partition coefficient (Wildman–Crippen LogP) is 4.18. The minimum Gasteiger partial charge on any atom is -0.444 e. The van der Waals surface area contributed by atoms with E-state index < -0.39 is 29.7 Å². The summed E-state index contributed by atoms with van der Waals surface area (Å²) < 4.78 is 5.29. The highest BCUT2D eigenvalue weighted by Gasteiger charge is 2.35. The molecule has 3 amide bonds. The largest absolute Gasteiger partial charge is 0.444 e. The normalized spacial score (nSPS) is 16.9. The Bertz CT molecular complexity index is 1090. The molecular weight excluding hydrogens is 504 g/mol. The molecule has 2 aromatic rings. The molecule has 0 bridgehead atoms. The van der Waals surface area contributed by atoms with E-state index in [9.17, 15) is 14.4 Å². The molecule has 1 saturated heterocycles. The predicted molar refractivity (Wildman–Crippen MR) is 158 cm³/mol. The van der Waals surface area contributed by atoms with Crippen LogP contribution in [0.4, 0.5) is 4.79 Å². The third-order valence-electron chi connectivity index (χ3n) is 7.11. The van der Waals surface area contributed by atoms with Crippen molar-refractivity contribution in [3.63, 3.8) is 0 Å². The summed E-state index contributed by atoms with van der Waals surface area (Å²) in [5, 5.41) is 5.52. The number of aryl methyl sites for hydroxylation is 1. The summed E-state index contributed by atoms with van der Waals surface area (Å²) in [4.78, 5) is 43.4. The number of nitrogens with one attached hydrogen (secondary N) is 2. The van der Waals surface area contributed by atoms with Gasteiger partial charge in [-0.2, -0.15) is 0 Å². The molecule has 40 heavy (non-hydrogen) atoms. The number of amides is 3. The Kier molecular flexibility index (Phi) is 11.6. The molecule has 1 aliphatic heterocycles. The quantitative estimate of drug-likeness (QED) is 0.414. The Morgan fingerprint density at radius 3 is 2.17 bits per heavy atom. The fourth-order valence-electron chi connectivity index (χ4n) is 4.99. The van der Waals surface area contributed by atoms with Crippen LogP contribution in [0.5, 0.6) is 0 Å². The molecule has 3 atom stereocenters. The number of nitrogens with zero attached hydrogens (tertiary/aromatic N) is 2. The number of likely N-dealkylation sites (N-methyl/N-ethyl adjacent to an activating group) is 1. The second-order valence-corrected chi connectivity index (χ2v) is 11.8. The minimum atomic E-state index is -0.847. The number of alkyl carbamates (subject to hydrolysis) is 1. The van der Waals surface area contributed by atoms with Gasteiger partial charge in [-0.1, -0.05) is 60.7 Å². The summed E-state index contributed by atoms with van der Waals surface area (Å²) >= 11 is 0. The van der Waals surface area contributed by atoms with Crippen molar-refractivity contribution >= 4 is 17.9 Å². The van der Waals surface area contributed by atoms with Crippen LogP contribution in [0.25, 0.3) is 0 Å². The molecule has 2 aromatic carbocycles. The van der Waals surface area contributed by atoms with Gasteiger partial charge in [0.1, 0.15) is 17.7 Å². The maximum absolute atomic E-state index is 13.9. The molecule has 0 aliphatic carbocycles. The third kappa shape index (κ3) is 10.3. The number of carbonyl (C=O) groups excluding carboxylic acids is 3. The summed E-state index contributed by atoms with van der Waals surface area (Å²) in [5.41, 5.74) is 1.73. The van der Waals surface area contributed by atoms with E-state index in [4.69, 9.17) is 4.74 Å². The van der Waals surface area contributed by atoms with Crippen LogP contribution in [0.3, 0.4) is 0 Å². The molecule has 1 heterocycles. The fraction of sp³-hybridized carbons (Fsp3) is 0.531. The Hall–Kier alpha value is -3.39. The van der Waals surface area contributed by atoms with Crippen molar-refractivity contribution in [2.75, 3.05) is 26.7 Å². The van der Waals surface area contributed by atoms with E-state index in [2.05, 4.69) is 46.8 Å². The first-order valence-electron chi connectivity index (χ1n) is 14.4. The zero-order chi connectivity index (χ0) is 29.1. The number of ether oxygens (including phenoxy) is 1. The van der Waals surface area contributed by atoms with Crippen molar-refractivity contribution in [3.05, 3.63) is 71.8 Å². The lowest BCUT2D eigenvalue weighted by Crippen LogP contribution is -2.55. The standard InChI is InChI=1S/C32H46N4O4/c1-24(33-31(39)40-32(2,3)4)29(37)34-28(19-18-25-13-8-6-9-14-25)30(38)36-21-12-17-27(36)23-35(5)22-20-26-15-10-7-11-16-26/h6-11,13-16,24,27-28H,12,17-23H2,1-5H3,(H,33,39)(H,34,37)/t24-,27-,28-/m0/s1. The molecule has 2 N–H and O–H groups in total. The van der Waals surface area contributed by atoms with E-state index in [1.165, 1.54) is 5.56 Å². The smallest absolute Gasteiger partial charge is 0.408 e. The van der Waals surface area contributed by atoms with Crippen LogP contribution < -0.4 is 10.6 Å². The molecule has 1 aliphatic rings. The van der Waals surface area contributed by atoms with Crippen LogP contribution in [0.15, 0.2) is 60.7 Å². The summed E-state index contributed by atoms with van der Waals surface area (Å²) in [7, 11) is 2.10. The number of likely N-dealkylation sites (tertiary alicyclic amines) is 1. The fourth-order valence-corrected chi connectivity index (χ4v) is 4.99. The summed E-state index contributed by atoms with van der Waals surface area (Å²) in [6.45, 7) is 9.26. The average Bonchev–Trinajstić information content (AvgIpc) is 3.37. The van der Waals surface area contributed by atoms with Gasteiger partial charge in [0.2, 0.25) is 11.8 Å². The van der Waals surface area contributed by atoms with Gasteiger partial charge in [-0.15, -0.1) is 0 Å². The van der Waals surface area contributed by atoms with Crippen molar-refractivity contribution in [2.24, 2.45) is 0 Å². The van der Waals surface area contributed by atoms with Gasteiger partial charge >= 0.3 is 6.09 Å². The van der Waals surface area contributed by atoms with Crippen LogP contribution in [-0.2, 0) is 27.2 Å². The number of hydrogen-bond donors (Lipinski definition) is 2. The SMILES string of the molecule is C[C@H](NC(=O)OC(C)(C)C)C(=O)N[C@@H](CCc1ccccc1)C(=O)N1CCC[C@H]1CN(C)CCc1ccccc1. The second kappa shape index (κ2) is 14.8. The first kappa shape index (κ1) is 31.1. The van der Waals surface area contributed by atoms with E-state index in [0.717, 1.165) is 37.9 Å². The van der Waals surface area contributed by atoms with E-state index in [1.807, 2.05) is 41.3 Å². The summed E-state index contributed by atoms with van der Waals surface area (Å²) in [6, 6.07) is 18.9. The number of carbonyl (C=O) groups is 3. The van der Waals surface area contributed by atoms with Crippen LogP contribution in [0.2, 0.25) is 0 Å². The van der Waals surface area contributed by atoms with Crippen molar-refractivity contribution in [1.82, 2.24) is 20.4 Å². The van der Waals surface area contributed by atoms with E-state index in [-0.39, 0.29) is 11.9 Å². The zero-order valence-electron chi connectivity index (χ0n) is 24.7. The van der Waals surface area contributed by atoms with Crippen LogP contribution in [0.1, 0.15) is 58.1 Å². The average molecular weight is 551 g/mol. The molecule has 0 saturated carbocycles. The van der Waals surface area contributed by atoms with Gasteiger partial charge in [-0.05, 0) is 78.0 Å². The van der Waals surface area contributed by atoms with Gasteiger partial charge in [0.15, 0.2) is 0 Å². The van der Waals surface area contributed by atoms with Crippen molar-refractivity contribution < 1.29 is 19.1 Å². The van der Waals surface area contributed by atoms with Crippen molar-refractivity contribution in [3.8, 4) is 0 Å². The third-order valence-corrected chi connectivity index (χ3v) is 7.11. The Morgan fingerprint density at radius 1 is 0.975 bits per heavy atom. The van der Waals surface area contributed by atoms with Gasteiger partial charge < -0.3 is 25.2 Å². The van der Waals surface area contributed by atoms with Crippen molar-refractivity contribution in [1.29, 1.82) is 0 Å². The lowest BCUT2D eigenvalue weighted by atomic mass is 10.0. The highest BCUT2D eigenvalue weighted by molar-refractivity contribution is 5.91. The van der Waals surface area contributed by atoms with Crippen LogP contribution in [-0.4, -0.2) is 78.1 Å². The summed E-state index contributed by atoms with van der Waals surface area (Å²) in [5.74, 6) is -0.472. The zero-order valence-corrected chi connectivity index (χ0v) is 24.7. The molecule has 218 valence electrons. The monoisotopic (exact) mass is 550 g/mol. The van der Waals surface area contributed by atoms with Gasteiger partial charge in [-0.3, -0.25) is 9.59 Å². The maximum atomic E-state index is 13.9. The molecule has 3 rings (SSSR count). The molecule has 0 radical (unpaired) electrons. The van der Waals surface area contributed by atoms with Crippen LogP contribution in [0, 0.1) is 0 Å². The molecule has 0 unspecified atom stereocenters. The van der Waals surface area contributed by atoms with Gasteiger partial charge in [0.25, 0.3) is 0 Å². The highest BCUT2D eigenvalue weighted by Crippen LogP contribution is 2.21. The van der Waals surface area contributed by atoms with E-state index in [1.54, 1.807) is 27.7 Å². The number of benzene rings is 2. The van der Waals surface area contributed by atoms with Crippen LogP contribution >= 0.6 is 0 Å². The van der Waals surface area contributed by atoms with Gasteiger partial charge in [0, 0.05) is 25.7 Å². The lowest BCUT2D eigenvalue weighted by Gasteiger charge is -2.32.